The van der Waals surface area contributed by atoms with E-state index in [1.54, 1.807) is 12.4 Å². The van der Waals surface area contributed by atoms with Crippen molar-refractivity contribution in [3.8, 4) is 0 Å². The van der Waals surface area contributed by atoms with Gasteiger partial charge in [0.05, 0.1) is 29.0 Å². The average Bonchev–Trinajstić information content (AvgIpc) is 3.08. The number of hydrogen-bond acceptors (Lipinski definition) is 5. The highest BCUT2D eigenvalue weighted by molar-refractivity contribution is 7.88. The van der Waals surface area contributed by atoms with Crippen molar-refractivity contribution in [3.05, 3.63) is 72.1 Å². The molecule has 2 heterocycles. The molecule has 6 nitrogen and oxygen atoms in total. The Bertz CT molecular complexity index is 1060. The molecule has 0 radical (unpaired) electrons. The van der Waals surface area contributed by atoms with Gasteiger partial charge in [0.25, 0.3) is 0 Å². The zero-order valence-electron chi connectivity index (χ0n) is 13.6. The maximum absolute atomic E-state index is 12.3. The fourth-order valence-corrected chi connectivity index (χ4v) is 4.01. The normalized spacial score (nSPS) is 17.7. The van der Waals surface area contributed by atoms with E-state index in [0.717, 1.165) is 22.4 Å². The van der Waals surface area contributed by atoms with Crippen molar-refractivity contribution in [1.82, 2.24) is 14.4 Å². The van der Waals surface area contributed by atoms with Gasteiger partial charge in [-0.2, -0.15) is 9.52 Å². The molecule has 1 unspecified atom stereocenters. The lowest BCUT2D eigenvalue weighted by molar-refractivity contribution is 0.376. The molecule has 126 valence electrons. The van der Waals surface area contributed by atoms with Gasteiger partial charge >= 0.3 is 0 Å². The van der Waals surface area contributed by atoms with Gasteiger partial charge in [0, 0.05) is 24.4 Å². The first-order chi connectivity index (χ1) is 12.0. The summed E-state index contributed by atoms with van der Waals surface area (Å²) in [6, 6.07) is 14.8. The summed E-state index contributed by atoms with van der Waals surface area (Å²) in [6.07, 6.45) is 4.91. The molecule has 2 aromatic carbocycles. The highest BCUT2D eigenvalue weighted by Crippen LogP contribution is 2.36. The molecule has 0 aliphatic carbocycles. The van der Waals surface area contributed by atoms with E-state index in [9.17, 15) is 8.42 Å². The van der Waals surface area contributed by atoms with Crippen LogP contribution < -0.4 is 0 Å². The first-order valence-electron chi connectivity index (χ1n) is 7.86. The molecule has 0 spiro atoms. The van der Waals surface area contributed by atoms with Crippen molar-refractivity contribution in [2.24, 2.45) is 5.10 Å². The van der Waals surface area contributed by atoms with Gasteiger partial charge in [0.15, 0.2) is 0 Å². The topological polar surface area (TPSA) is 75.5 Å². The summed E-state index contributed by atoms with van der Waals surface area (Å²) < 4.78 is 25.8. The molecule has 1 aliphatic rings. The van der Waals surface area contributed by atoms with Gasteiger partial charge < -0.3 is 0 Å². The SMILES string of the molecule is CS(=O)(=O)N1N=C(c2ccccc2)CC1c1cccc2nccnc12. The first-order valence-corrected chi connectivity index (χ1v) is 9.71. The lowest BCUT2D eigenvalue weighted by Gasteiger charge is -2.22. The number of hydrazone groups is 1. The van der Waals surface area contributed by atoms with Crippen LogP contribution in [-0.4, -0.2) is 34.8 Å². The molecule has 7 heteroatoms. The van der Waals surface area contributed by atoms with E-state index < -0.39 is 16.1 Å². The van der Waals surface area contributed by atoms with Crippen LogP contribution in [0.1, 0.15) is 23.6 Å². The minimum atomic E-state index is -3.51. The Balaban J connectivity index is 1.84. The number of rotatable bonds is 3. The van der Waals surface area contributed by atoms with E-state index in [1.165, 1.54) is 10.7 Å². The van der Waals surface area contributed by atoms with Crippen LogP contribution in [0.3, 0.4) is 0 Å². The molecule has 0 saturated heterocycles. The minimum absolute atomic E-state index is 0.425. The number of sulfonamides is 1. The Morgan fingerprint density at radius 2 is 1.76 bits per heavy atom. The Morgan fingerprint density at radius 1 is 1.00 bits per heavy atom. The van der Waals surface area contributed by atoms with Crippen molar-refractivity contribution in [2.75, 3.05) is 6.26 Å². The van der Waals surface area contributed by atoms with Crippen LogP contribution >= 0.6 is 0 Å². The van der Waals surface area contributed by atoms with Crippen molar-refractivity contribution in [3.63, 3.8) is 0 Å². The third-order valence-electron chi connectivity index (χ3n) is 4.21. The third kappa shape index (κ3) is 2.87. The second-order valence-corrected chi connectivity index (χ2v) is 7.78. The largest absolute Gasteiger partial charge is 0.253 e. The summed E-state index contributed by atoms with van der Waals surface area (Å²) in [7, 11) is -3.51. The zero-order valence-corrected chi connectivity index (χ0v) is 14.4. The zero-order chi connectivity index (χ0) is 17.4. The lowest BCUT2D eigenvalue weighted by Crippen LogP contribution is -2.26. The molecular weight excluding hydrogens is 336 g/mol. The van der Waals surface area contributed by atoms with Crippen LogP contribution in [0.25, 0.3) is 11.0 Å². The molecule has 3 aromatic rings. The van der Waals surface area contributed by atoms with Gasteiger partial charge in [-0.3, -0.25) is 9.97 Å². The summed E-state index contributed by atoms with van der Waals surface area (Å²) in [5.74, 6) is 0. The Hall–Kier alpha value is -2.80. The predicted molar refractivity (Wildman–Crippen MR) is 96.6 cm³/mol. The second kappa shape index (κ2) is 5.93. The molecule has 4 rings (SSSR count). The predicted octanol–water partition coefficient (Wildman–Crippen LogP) is 2.74. The van der Waals surface area contributed by atoms with E-state index in [-0.39, 0.29) is 0 Å². The average molecular weight is 352 g/mol. The van der Waals surface area contributed by atoms with Crippen LogP contribution in [0.4, 0.5) is 0 Å². The Morgan fingerprint density at radius 3 is 2.52 bits per heavy atom. The summed E-state index contributed by atoms with van der Waals surface area (Å²) in [5, 5.41) is 4.41. The number of hydrogen-bond donors (Lipinski definition) is 0. The van der Waals surface area contributed by atoms with E-state index in [2.05, 4.69) is 15.1 Å². The third-order valence-corrected chi connectivity index (χ3v) is 5.22. The van der Waals surface area contributed by atoms with Crippen LogP contribution in [0.2, 0.25) is 0 Å². The molecule has 1 aromatic heterocycles. The highest BCUT2D eigenvalue weighted by atomic mass is 32.2. The van der Waals surface area contributed by atoms with Crippen molar-refractivity contribution < 1.29 is 8.42 Å². The monoisotopic (exact) mass is 352 g/mol. The Kier molecular flexibility index (Phi) is 3.73. The molecule has 0 N–H and O–H groups in total. The number of nitrogens with zero attached hydrogens (tertiary/aromatic N) is 4. The second-order valence-electron chi connectivity index (χ2n) is 5.94. The van der Waals surface area contributed by atoms with E-state index >= 15 is 0 Å². The van der Waals surface area contributed by atoms with Crippen molar-refractivity contribution >= 4 is 26.8 Å². The standard InChI is InChI=1S/C18H16N4O2S/c1-25(23,24)22-17(12-16(21-22)13-6-3-2-4-7-13)14-8-5-9-15-18(14)20-11-10-19-15/h2-11,17H,12H2,1H3. The maximum Gasteiger partial charge on any atom is 0.247 e. The fraction of sp³-hybridized carbons (Fsp3) is 0.167. The smallest absolute Gasteiger partial charge is 0.247 e. The fourth-order valence-electron chi connectivity index (χ4n) is 3.11. The molecule has 0 bridgehead atoms. The van der Waals surface area contributed by atoms with Gasteiger partial charge in [-0.1, -0.05) is 42.5 Å². The number of fused-ring (bicyclic) bond motifs is 1. The molecule has 25 heavy (non-hydrogen) atoms. The lowest BCUT2D eigenvalue weighted by atomic mass is 9.98. The molecule has 0 amide bonds. The van der Waals surface area contributed by atoms with E-state index in [4.69, 9.17) is 0 Å². The summed E-state index contributed by atoms with van der Waals surface area (Å²) in [6.45, 7) is 0. The number of para-hydroxylation sites is 1. The van der Waals surface area contributed by atoms with Crippen LogP contribution in [-0.2, 0) is 10.0 Å². The van der Waals surface area contributed by atoms with Gasteiger partial charge in [-0.25, -0.2) is 8.42 Å². The van der Waals surface area contributed by atoms with Crippen LogP contribution in [0, 0.1) is 0 Å². The molecule has 1 atom stereocenters. The summed E-state index contributed by atoms with van der Waals surface area (Å²) in [4.78, 5) is 8.71. The molecule has 0 fully saturated rings. The van der Waals surface area contributed by atoms with Gasteiger partial charge in [-0.05, 0) is 11.6 Å². The minimum Gasteiger partial charge on any atom is -0.253 e. The van der Waals surface area contributed by atoms with Crippen molar-refractivity contribution in [2.45, 2.75) is 12.5 Å². The van der Waals surface area contributed by atoms with E-state index in [0.29, 0.717) is 11.9 Å². The van der Waals surface area contributed by atoms with Gasteiger partial charge in [0.1, 0.15) is 0 Å². The van der Waals surface area contributed by atoms with Gasteiger partial charge in [0.2, 0.25) is 10.0 Å². The molecular formula is C18H16N4O2S. The molecule has 0 saturated carbocycles. The van der Waals surface area contributed by atoms with Crippen molar-refractivity contribution in [1.29, 1.82) is 0 Å². The molecule has 1 aliphatic heterocycles. The summed E-state index contributed by atoms with van der Waals surface area (Å²) in [5.41, 5.74) is 3.92. The number of aromatic nitrogens is 2. The van der Waals surface area contributed by atoms with E-state index in [1.807, 2.05) is 48.5 Å². The highest BCUT2D eigenvalue weighted by Gasteiger charge is 2.35. The number of benzene rings is 2. The Labute approximate surface area is 145 Å². The van der Waals surface area contributed by atoms with Crippen LogP contribution in [0.5, 0.6) is 0 Å². The summed E-state index contributed by atoms with van der Waals surface area (Å²) >= 11 is 0. The maximum atomic E-state index is 12.3. The first kappa shape index (κ1) is 15.7. The van der Waals surface area contributed by atoms with Crippen LogP contribution in [0.15, 0.2) is 66.0 Å². The van der Waals surface area contributed by atoms with Gasteiger partial charge in [-0.15, -0.1) is 0 Å². The quantitative estimate of drug-likeness (QED) is 0.726.